The molecule has 2 saturated carbocycles. The Kier molecular flexibility index (Phi) is 5.67. The maximum atomic E-state index is 13.8. The summed E-state index contributed by atoms with van der Waals surface area (Å²) >= 11 is 0. The second kappa shape index (κ2) is 8.05. The summed E-state index contributed by atoms with van der Waals surface area (Å²) in [4.78, 5) is 51.8. The highest BCUT2D eigenvalue weighted by atomic mass is 16.6. The van der Waals surface area contributed by atoms with Gasteiger partial charge in [-0.3, -0.25) is 19.2 Å². The molecule has 7 atom stereocenters. The first-order valence-corrected chi connectivity index (χ1v) is 11.2. The van der Waals surface area contributed by atoms with Crippen LogP contribution in [-0.4, -0.2) is 36.9 Å². The summed E-state index contributed by atoms with van der Waals surface area (Å²) in [6.07, 6.45) is 3.13. The lowest BCUT2D eigenvalue weighted by Gasteiger charge is -2.61. The number of hydrogen-bond acceptors (Lipinski definition) is 8. The summed E-state index contributed by atoms with van der Waals surface area (Å²) < 4.78 is 21.5. The van der Waals surface area contributed by atoms with Crippen molar-refractivity contribution < 1.29 is 37.8 Å². The summed E-state index contributed by atoms with van der Waals surface area (Å²) in [5, 5.41) is 0. The molecular formula is C24H30O8. The Morgan fingerprint density at radius 3 is 2.59 bits per heavy atom. The van der Waals surface area contributed by atoms with E-state index in [2.05, 4.69) is 0 Å². The number of ketones is 1. The molecule has 1 aliphatic heterocycles. The number of ether oxygens (including phenoxy) is 3. The Hall–Kier alpha value is -2.64. The van der Waals surface area contributed by atoms with E-state index in [9.17, 15) is 19.2 Å². The molecule has 1 unspecified atom stereocenters. The third-order valence-corrected chi connectivity index (χ3v) is 8.07. The van der Waals surface area contributed by atoms with Crippen molar-refractivity contribution in [2.75, 3.05) is 7.11 Å². The first kappa shape index (κ1) is 22.6. The molecule has 8 heteroatoms. The standard InChI is InChI=1S/C24H30O8/c1-5-18(25)31-16-10-15(21(27)29-4)23(2)8-6-14-22(28)32-17(13-7-9-30-12-13)11-24(14,3)20(23)19(16)26/h7,9,12,14-17,20H,5-6,8,10-11H2,1-4H3/t14-,15-,16-,17-,20?,23-,24-/m0/s1. The van der Waals surface area contributed by atoms with Crippen LogP contribution >= 0.6 is 0 Å². The highest BCUT2D eigenvalue weighted by Crippen LogP contribution is 2.65. The molecule has 0 spiro atoms. The molecule has 1 aromatic heterocycles. The minimum atomic E-state index is -1.04. The largest absolute Gasteiger partial charge is 0.472 e. The van der Waals surface area contributed by atoms with Crippen LogP contribution in [0.3, 0.4) is 0 Å². The zero-order valence-corrected chi connectivity index (χ0v) is 18.9. The van der Waals surface area contributed by atoms with Crippen molar-refractivity contribution in [2.24, 2.45) is 28.6 Å². The van der Waals surface area contributed by atoms with E-state index in [1.165, 1.54) is 19.6 Å². The number of carbonyl (C=O) groups is 4. The number of esters is 3. The minimum absolute atomic E-state index is 0.0978. The topological polar surface area (TPSA) is 109 Å². The second-order valence-electron chi connectivity index (χ2n) is 9.77. The predicted molar refractivity (Wildman–Crippen MR) is 110 cm³/mol. The number of Topliss-reactive ketones (excluding diaryl/α,β-unsaturated/α-hetero) is 1. The van der Waals surface area contributed by atoms with Gasteiger partial charge in [-0.05, 0) is 36.2 Å². The van der Waals surface area contributed by atoms with Crippen molar-refractivity contribution in [2.45, 2.75) is 65.1 Å². The SMILES string of the molecule is CCC(=O)O[C@H]1C[C@@H](C(=O)OC)[C@]2(C)CC[C@H]3C(=O)O[C@H](c4ccoc4)C[C@]3(C)C2C1=O. The molecule has 3 fully saturated rings. The van der Waals surface area contributed by atoms with E-state index in [1.807, 2.05) is 13.8 Å². The molecule has 0 amide bonds. The lowest BCUT2D eigenvalue weighted by atomic mass is 9.43. The molecule has 8 nitrogen and oxygen atoms in total. The van der Waals surface area contributed by atoms with Gasteiger partial charge >= 0.3 is 17.9 Å². The maximum Gasteiger partial charge on any atom is 0.310 e. The molecule has 0 aromatic carbocycles. The number of cyclic esters (lactones) is 1. The Balaban J connectivity index is 1.78. The Morgan fingerprint density at radius 2 is 1.97 bits per heavy atom. The lowest BCUT2D eigenvalue weighted by molar-refractivity contribution is -0.210. The highest BCUT2D eigenvalue weighted by Gasteiger charge is 2.67. The van der Waals surface area contributed by atoms with Crippen LogP contribution in [0.5, 0.6) is 0 Å². The minimum Gasteiger partial charge on any atom is -0.472 e. The van der Waals surface area contributed by atoms with Crippen LogP contribution in [0.4, 0.5) is 0 Å². The van der Waals surface area contributed by atoms with Gasteiger partial charge in [0.15, 0.2) is 11.9 Å². The first-order valence-electron chi connectivity index (χ1n) is 11.2. The third-order valence-electron chi connectivity index (χ3n) is 8.07. The van der Waals surface area contributed by atoms with E-state index in [0.29, 0.717) is 19.3 Å². The molecule has 0 bridgehead atoms. The van der Waals surface area contributed by atoms with Gasteiger partial charge in [-0.25, -0.2) is 0 Å². The molecule has 2 aliphatic carbocycles. The van der Waals surface area contributed by atoms with Crippen LogP contribution in [-0.2, 0) is 33.4 Å². The van der Waals surface area contributed by atoms with E-state index in [1.54, 1.807) is 13.0 Å². The molecular weight excluding hydrogens is 416 g/mol. The molecule has 32 heavy (non-hydrogen) atoms. The average molecular weight is 446 g/mol. The van der Waals surface area contributed by atoms with Gasteiger partial charge in [0.05, 0.1) is 31.5 Å². The third kappa shape index (κ3) is 3.35. The van der Waals surface area contributed by atoms with Crippen LogP contribution in [0, 0.1) is 28.6 Å². The van der Waals surface area contributed by atoms with Crippen LogP contribution in [0.15, 0.2) is 23.0 Å². The van der Waals surface area contributed by atoms with Crippen LogP contribution in [0.25, 0.3) is 0 Å². The van der Waals surface area contributed by atoms with Crippen molar-refractivity contribution in [3.05, 3.63) is 24.2 Å². The maximum absolute atomic E-state index is 13.8. The quantitative estimate of drug-likeness (QED) is 0.511. The lowest BCUT2D eigenvalue weighted by Crippen LogP contribution is -2.64. The molecule has 4 rings (SSSR count). The Labute approximate surface area is 186 Å². The van der Waals surface area contributed by atoms with E-state index in [-0.39, 0.29) is 24.6 Å². The van der Waals surface area contributed by atoms with E-state index in [0.717, 1.165) is 5.56 Å². The summed E-state index contributed by atoms with van der Waals surface area (Å²) in [6, 6.07) is 1.75. The van der Waals surface area contributed by atoms with Gasteiger partial charge in [0.1, 0.15) is 6.10 Å². The fourth-order valence-corrected chi connectivity index (χ4v) is 6.51. The fourth-order valence-electron chi connectivity index (χ4n) is 6.51. The molecule has 0 radical (unpaired) electrons. The van der Waals surface area contributed by atoms with Gasteiger partial charge in [-0.2, -0.15) is 0 Å². The van der Waals surface area contributed by atoms with Crippen molar-refractivity contribution in [3.63, 3.8) is 0 Å². The monoisotopic (exact) mass is 446 g/mol. The smallest absolute Gasteiger partial charge is 0.310 e. The summed E-state index contributed by atoms with van der Waals surface area (Å²) in [5.74, 6) is -3.24. The summed E-state index contributed by atoms with van der Waals surface area (Å²) in [7, 11) is 1.32. The molecule has 1 aromatic rings. The van der Waals surface area contributed by atoms with Crippen molar-refractivity contribution in [3.8, 4) is 0 Å². The summed E-state index contributed by atoms with van der Waals surface area (Å²) in [6.45, 7) is 5.52. The van der Waals surface area contributed by atoms with Crippen LogP contribution in [0.1, 0.15) is 64.5 Å². The predicted octanol–water partition coefficient (Wildman–Crippen LogP) is 3.39. The van der Waals surface area contributed by atoms with Crippen molar-refractivity contribution in [1.29, 1.82) is 0 Å². The van der Waals surface area contributed by atoms with E-state index in [4.69, 9.17) is 18.6 Å². The molecule has 2 heterocycles. The van der Waals surface area contributed by atoms with Gasteiger partial charge in [0.25, 0.3) is 0 Å². The molecule has 3 aliphatic rings. The first-order chi connectivity index (χ1) is 15.2. The normalized spacial score (nSPS) is 38.8. The second-order valence-corrected chi connectivity index (χ2v) is 9.77. The van der Waals surface area contributed by atoms with Crippen molar-refractivity contribution >= 4 is 23.7 Å². The average Bonchev–Trinajstić information content (AvgIpc) is 3.29. The number of rotatable bonds is 4. The highest BCUT2D eigenvalue weighted by molar-refractivity contribution is 5.93. The molecule has 0 N–H and O–H groups in total. The summed E-state index contributed by atoms with van der Waals surface area (Å²) in [5.41, 5.74) is -0.763. The van der Waals surface area contributed by atoms with Gasteiger partial charge in [-0.15, -0.1) is 0 Å². The van der Waals surface area contributed by atoms with E-state index >= 15 is 0 Å². The zero-order valence-electron chi connectivity index (χ0n) is 18.9. The van der Waals surface area contributed by atoms with Crippen molar-refractivity contribution in [1.82, 2.24) is 0 Å². The van der Waals surface area contributed by atoms with E-state index < -0.39 is 52.7 Å². The van der Waals surface area contributed by atoms with Crippen LogP contribution < -0.4 is 0 Å². The number of hydrogen-bond donors (Lipinski definition) is 0. The van der Waals surface area contributed by atoms with Gasteiger partial charge < -0.3 is 18.6 Å². The Bertz CT molecular complexity index is 920. The number of carbonyl (C=O) groups excluding carboxylic acids is 4. The fraction of sp³-hybridized carbons (Fsp3) is 0.667. The van der Waals surface area contributed by atoms with Gasteiger partial charge in [0.2, 0.25) is 0 Å². The van der Waals surface area contributed by atoms with Gasteiger partial charge in [0, 0.05) is 24.3 Å². The number of furan rings is 1. The molecule has 1 saturated heterocycles. The number of methoxy groups -OCH3 is 1. The Morgan fingerprint density at radius 1 is 1.22 bits per heavy atom. The zero-order chi connectivity index (χ0) is 23.3. The molecule has 174 valence electrons. The number of fused-ring (bicyclic) bond motifs is 3. The van der Waals surface area contributed by atoms with Gasteiger partial charge in [-0.1, -0.05) is 20.8 Å². The van der Waals surface area contributed by atoms with Crippen LogP contribution in [0.2, 0.25) is 0 Å².